The van der Waals surface area contributed by atoms with Crippen LogP contribution in [0.25, 0.3) is 0 Å². The molecule has 1 N–H and O–H groups in total. The van der Waals surface area contributed by atoms with E-state index in [2.05, 4.69) is 58.3 Å². The zero-order chi connectivity index (χ0) is 20.8. The van der Waals surface area contributed by atoms with Gasteiger partial charge in [-0.15, -0.1) is 0 Å². The molecule has 0 bridgehead atoms. The summed E-state index contributed by atoms with van der Waals surface area (Å²) in [4.78, 5) is 12.2. The Hall–Kier alpha value is -1.96. The zero-order valence-corrected chi connectivity index (χ0v) is 20.2. The van der Waals surface area contributed by atoms with Gasteiger partial charge in [-0.2, -0.15) is 5.10 Å². The van der Waals surface area contributed by atoms with Crippen molar-refractivity contribution in [2.75, 3.05) is 0 Å². The number of rotatable bonds is 6. The molecule has 0 spiro atoms. The first-order valence-electron chi connectivity index (χ1n) is 8.69. The van der Waals surface area contributed by atoms with Crippen molar-refractivity contribution >= 4 is 59.9 Å². The average Bonchev–Trinajstić information content (AvgIpc) is 2.69. The molecular formula is C22H17Br3N2O2. The van der Waals surface area contributed by atoms with Crippen LogP contribution in [0.4, 0.5) is 0 Å². The van der Waals surface area contributed by atoms with Crippen molar-refractivity contribution in [3.8, 4) is 5.75 Å². The number of hydrogen-bond acceptors (Lipinski definition) is 3. The first-order chi connectivity index (χ1) is 13.9. The zero-order valence-electron chi connectivity index (χ0n) is 15.5. The highest BCUT2D eigenvalue weighted by molar-refractivity contribution is 9.11. The van der Waals surface area contributed by atoms with Crippen LogP contribution < -0.4 is 10.2 Å². The van der Waals surface area contributed by atoms with Crippen LogP contribution in [-0.2, 0) is 6.61 Å². The smallest absolute Gasteiger partial charge is 0.271 e. The molecule has 29 heavy (non-hydrogen) atoms. The predicted molar refractivity (Wildman–Crippen MR) is 127 cm³/mol. The van der Waals surface area contributed by atoms with Crippen LogP contribution in [-0.4, -0.2) is 12.1 Å². The molecule has 148 valence electrons. The van der Waals surface area contributed by atoms with Gasteiger partial charge in [-0.05, 0) is 85.8 Å². The van der Waals surface area contributed by atoms with Crippen molar-refractivity contribution in [2.45, 2.75) is 13.5 Å². The van der Waals surface area contributed by atoms with E-state index >= 15 is 0 Å². The fourth-order valence-corrected chi connectivity index (χ4v) is 4.30. The van der Waals surface area contributed by atoms with E-state index in [0.29, 0.717) is 17.9 Å². The number of nitrogens with one attached hydrogen (secondary N) is 1. The minimum Gasteiger partial charge on any atom is -0.487 e. The summed E-state index contributed by atoms with van der Waals surface area (Å²) in [5.74, 6) is 0.459. The van der Waals surface area contributed by atoms with E-state index in [1.165, 1.54) is 0 Å². The standard InChI is InChI=1S/C22H17Br3N2O2/c1-14-4-2-3-5-18(14)22(28)27-26-12-16-10-19(24)21(20(25)11-16)29-13-15-6-8-17(23)9-7-15/h2-12H,13H2,1H3,(H,27,28)/b26-12+. The van der Waals surface area contributed by atoms with Gasteiger partial charge in [0.25, 0.3) is 5.91 Å². The molecule has 0 radical (unpaired) electrons. The van der Waals surface area contributed by atoms with Crippen molar-refractivity contribution in [1.29, 1.82) is 0 Å². The molecule has 0 atom stereocenters. The second-order valence-corrected chi connectivity index (χ2v) is 8.87. The second kappa shape index (κ2) is 10.2. The lowest BCUT2D eigenvalue weighted by molar-refractivity contribution is 0.0954. The first-order valence-corrected chi connectivity index (χ1v) is 11.1. The molecule has 0 unspecified atom stereocenters. The SMILES string of the molecule is Cc1ccccc1C(=O)N/N=C/c1cc(Br)c(OCc2ccc(Br)cc2)c(Br)c1. The fraction of sp³-hybridized carbons (Fsp3) is 0.0909. The van der Waals surface area contributed by atoms with Gasteiger partial charge in [0.15, 0.2) is 0 Å². The van der Waals surface area contributed by atoms with E-state index < -0.39 is 0 Å². The van der Waals surface area contributed by atoms with Crippen molar-refractivity contribution < 1.29 is 9.53 Å². The Labute approximate surface area is 194 Å². The number of nitrogens with zero attached hydrogens (tertiary/aromatic N) is 1. The van der Waals surface area contributed by atoms with Crippen LogP contribution in [0.2, 0.25) is 0 Å². The molecule has 0 aliphatic heterocycles. The van der Waals surface area contributed by atoms with Gasteiger partial charge in [0.1, 0.15) is 12.4 Å². The summed E-state index contributed by atoms with van der Waals surface area (Å²) in [5.41, 5.74) is 5.94. The molecule has 3 aromatic rings. The highest BCUT2D eigenvalue weighted by Gasteiger charge is 2.10. The van der Waals surface area contributed by atoms with Crippen LogP contribution in [0.1, 0.15) is 27.0 Å². The van der Waals surface area contributed by atoms with Crippen LogP contribution in [0.5, 0.6) is 5.75 Å². The fourth-order valence-electron chi connectivity index (χ4n) is 2.58. The maximum Gasteiger partial charge on any atom is 0.271 e. The lowest BCUT2D eigenvalue weighted by Gasteiger charge is -2.11. The Morgan fingerprint density at radius 2 is 1.69 bits per heavy atom. The van der Waals surface area contributed by atoms with Crippen LogP contribution in [0.3, 0.4) is 0 Å². The van der Waals surface area contributed by atoms with Crippen LogP contribution in [0.15, 0.2) is 79.2 Å². The Kier molecular flexibility index (Phi) is 7.64. The molecule has 4 nitrogen and oxygen atoms in total. The van der Waals surface area contributed by atoms with Crippen molar-refractivity contribution in [1.82, 2.24) is 5.43 Å². The van der Waals surface area contributed by atoms with Crippen LogP contribution >= 0.6 is 47.8 Å². The molecule has 0 aliphatic rings. The first kappa shape index (κ1) is 21.7. The van der Waals surface area contributed by atoms with Gasteiger partial charge < -0.3 is 4.74 Å². The number of benzene rings is 3. The number of aryl methyl sites for hydroxylation is 1. The van der Waals surface area contributed by atoms with E-state index in [4.69, 9.17) is 4.74 Å². The lowest BCUT2D eigenvalue weighted by Crippen LogP contribution is -2.18. The third-order valence-electron chi connectivity index (χ3n) is 4.09. The van der Waals surface area contributed by atoms with Crippen molar-refractivity contribution in [2.24, 2.45) is 5.10 Å². The van der Waals surface area contributed by atoms with Crippen LogP contribution in [0, 0.1) is 6.92 Å². The number of amides is 1. The number of hydrogen-bond donors (Lipinski definition) is 1. The molecule has 0 fully saturated rings. The van der Waals surface area contributed by atoms with Gasteiger partial charge in [-0.1, -0.05) is 46.3 Å². The monoisotopic (exact) mass is 578 g/mol. The topological polar surface area (TPSA) is 50.7 Å². The molecule has 1 amide bonds. The number of hydrazone groups is 1. The van der Waals surface area contributed by atoms with Gasteiger partial charge in [0, 0.05) is 10.0 Å². The normalized spacial score (nSPS) is 10.9. The Balaban J connectivity index is 1.65. The van der Waals surface area contributed by atoms with Gasteiger partial charge in [0.2, 0.25) is 0 Å². The van der Waals surface area contributed by atoms with E-state index in [1.807, 2.05) is 61.5 Å². The Bertz CT molecular complexity index is 1030. The summed E-state index contributed by atoms with van der Waals surface area (Å²) in [5, 5.41) is 4.06. The third kappa shape index (κ3) is 6.01. The highest BCUT2D eigenvalue weighted by Crippen LogP contribution is 2.35. The maximum absolute atomic E-state index is 12.2. The average molecular weight is 581 g/mol. The van der Waals surface area contributed by atoms with E-state index in [1.54, 1.807) is 12.3 Å². The van der Waals surface area contributed by atoms with Crippen molar-refractivity contribution in [3.05, 3.63) is 96.3 Å². The molecule has 0 saturated carbocycles. The summed E-state index contributed by atoms with van der Waals surface area (Å²) in [6, 6.07) is 19.1. The molecule has 7 heteroatoms. The molecule has 0 saturated heterocycles. The van der Waals surface area contributed by atoms with Gasteiger partial charge >= 0.3 is 0 Å². The quantitative estimate of drug-likeness (QED) is 0.263. The highest BCUT2D eigenvalue weighted by atomic mass is 79.9. The van der Waals surface area contributed by atoms with Gasteiger partial charge in [-0.25, -0.2) is 5.43 Å². The van der Waals surface area contributed by atoms with Crippen molar-refractivity contribution in [3.63, 3.8) is 0 Å². The second-order valence-electron chi connectivity index (χ2n) is 6.24. The minimum absolute atomic E-state index is 0.244. The van der Waals surface area contributed by atoms with Gasteiger partial charge in [0.05, 0.1) is 15.2 Å². The number of carbonyl (C=O) groups excluding carboxylic acids is 1. The van der Waals surface area contributed by atoms with Gasteiger partial charge in [-0.3, -0.25) is 4.79 Å². The largest absolute Gasteiger partial charge is 0.487 e. The third-order valence-corrected chi connectivity index (χ3v) is 5.79. The summed E-state index contributed by atoms with van der Waals surface area (Å²) >= 11 is 10.5. The number of ether oxygens (including phenoxy) is 1. The minimum atomic E-state index is -0.244. The Morgan fingerprint density at radius 1 is 1.03 bits per heavy atom. The molecule has 3 rings (SSSR count). The number of halogens is 3. The summed E-state index contributed by atoms with van der Waals surface area (Å²) < 4.78 is 8.54. The van der Waals surface area contributed by atoms with E-state index in [-0.39, 0.29) is 5.91 Å². The molecule has 0 aliphatic carbocycles. The number of carbonyl (C=O) groups is 1. The lowest BCUT2D eigenvalue weighted by atomic mass is 10.1. The molecule has 0 heterocycles. The Morgan fingerprint density at radius 3 is 2.34 bits per heavy atom. The molecule has 0 aromatic heterocycles. The summed E-state index contributed by atoms with van der Waals surface area (Å²) in [6.07, 6.45) is 1.59. The molecular weight excluding hydrogens is 564 g/mol. The summed E-state index contributed by atoms with van der Waals surface area (Å²) in [7, 11) is 0. The predicted octanol–water partition coefficient (Wildman–Crippen LogP) is 6.63. The van der Waals surface area contributed by atoms with E-state index in [0.717, 1.165) is 30.1 Å². The van der Waals surface area contributed by atoms with E-state index in [9.17, 15) is 4.79 Å². The maximum atomic E-state index is 12.2. The summed E-state index contributed by atoms with van der Waals surface area (Å²) in [6.45, 7) is 2.34. The molecule has 3 aromatic carbocycles.